The van der Waals surface area contributed by atoms with Gasteiger partial charge in [-0.15, -0.1) is 11.3 Å². The number of benzene rings is 2. The fourth-order valence-electron chi connectivity index (χ4n) is 4.32. The van der Waals surface area contributed by atoms with Crippen LogP contribution in [0.15, 0.2) is 30.3 Å². The second-order valence-electron chi connectivity index (χ2n) is 7.77. The predicted molar refractivity (Wildman–Crippen MR) is 117 cm³/mol. The third-order valence-corrected chi connectivity index (χ3v) is 7.20. The smallest absolute Gasteiger partial charge is 0.265 e. The molecule has 6 heteroatoms. The highest BCUT2D eigenvalue weighted by molar-refractivity contribution is 7.19. The van der Waals surface area contributed by atoms with E-state index in [1.807, 2.05) is 12.1 Å². The van der Waals surface area contributed by atoms with Crippen LogP contribution in [0.2, 0.25) is 5.02 Å². The monoisotopic (exact) mass is 427 g/mol. The Balaban J connectivity index is 1.67. The van der Waals surface area contributed by atoms with Crippen molar-refractivity contribution in [1.29, 1.82) is 0 Å². The van der Waals surface area contributed by atoms with Gasteiger partial charge in [0, 0.05) is 14.6 Å². The maximum atomic E-state index is 12.0. The highest BCUT2D eigenvalue weighted by atomic mass is 35.5. The van der Waals surface area contributed by atoms with Crippen LogP contribution in [0.3, 0.4) is 0 Å². The van der Waals surface area contributed by atoms with Gasteiger partial charge in [-0.25, -0.2) is 0 Å². The lowest BCUT2D eigenvalue weighted by Crippen LogP contribution is -2.35. The molecule has 150 valence electrons. The van der Waals surface area contributed by atoms with Crippen molar-refractivity contribution in [1.82, 2.24) is 0 Å². The lowest BCUT2D eigenvalue weighted by molar-refractivity contribution is -0.122. The molecule has 4 nitrogen and oxygen atoms in total. The van der Waals surface area contributed by atoms with Gasteiger partial charge in [-0.05, 0) is 79.1 Å². The van der Waals surface area contributed by atoms with Gasteiger partial charge in [0.25, 0.3) is 5.91 Å². The second-order valence-corrected chi connectivity index (χ2v) is 9.29. The summed E-state index contributed by atoms with van der Waals surface area (Å²) in [7, 11) is 0. The van der Waals surface area contributed by atoms with Crippen LogP contribution >= 0.6 is 22.9 Å². The molecule has 1 N–H and O–H groups in total. The van der Waals surface area contributed by atoms with E-state index in [0.29, 0.717) is 5.75 Å². The largest absolute Gasteiger partial charge is 0.479 e. The van der Waals surface area contributed by atoms with Crippen molar-refractivity contribution >= 4 is 44.6 Å². The molecule has 0 saturated heterocycles. The zero-order valence-corrected chi connectivity index (χ0v) is 18.1. The van der Waals surface area contributed by atoms with Crippen molar-refractivity contribution in [2.24, 2.45) is 0 Å². The summed E-state index contributed by atoms with van der Waals surface area (Å²) in [4.78, 5) is 13.2. The van der Waals surface area contributed by atoms with Crippen molar-refractivity contribution in [3.8, 4) is 5.75 Å². The molecule has 2 aliphatic heterocycles. The summed E-state index contributed by atoms with van der Waals surface area (Å²) in [6.45, 7) is 6.04. The van der Waals surface area contributed by atoms with E-state index in [2.05, 4.69) is 37.4 Å². The summed E-state index contributed by atoms with van der Waals surface area (Å²) in [5.41, 5.74) is 4.36. The van der Waals surface area contributed by atoms with Crippen molar-refractivity contribution in [3.63, 3.8) is 0 Å². The first-order valence-electron chi connectivity index (χ1n) is 9.95. The number of thiophene rings is 1. The number of aryl methyl sites for hydroxylation is 1. The minimum atomic E-state index is -0.500. The number of hydrogen-bond donors (Lipinski definition) is 1. The molecule has 0 fully saturated rings. The van der Waals surface area contributed by atoms with Crippen LogP contribution in [-0.2, 0) is 22.4 Å². The number of fused-ring (bicyclic) bond motifs is 3. The average Bonchev–Trinajstić information content (AvgIpc) is 3.04. The fraction of sp³-hybridized carbons (Fsp3) is 0.348. The Morgan fingerprint density at radius 1 is 1.24 bits per heavy atom. The zero-order valence-electron chi connectivity index (χ0n) is 16.5. The van der Waals surface area contributed by atoms with Crippen LogP contribution in [0.25, 0.3) is 10.1 Å². The van der Waals surface area contributed by atoms with Gasteiger partial charge in [0.1, 0.15) is 11.9 Å². The number of nitrogens with one attached hydrogen (secondary N) is 1. The standard InChI is InChI=1S/C23H22ClNO3S/c1-4-15-17-9-14(24)5-6-20(17)29-22(15)21-16-10-19-18(25-23(26)12(3)28-19)8-13(16)7-11(2)27-21/h5-6,8-12,21H,4,7H2,1-3H3,(H,25,26). The van der Waals surface area contributed by atoms with Crippen LogP contribution in [0.5, 0.6) is 5.75 Å². The van der Waals surface area contributed by atoms with Gasteiger partial charge in [-0.3, -0.25) is 4.79 Å². The van der Waals surface area contributed by atoms with Gasteiger partial charge in [0.05, 0.1) is 11.8 Å². The number of halogens is 1. The van der Waals surface area contributed by atoms with E-state index in [4.69, 9.17) is 21.1 Å². The zero-order chi connectivity index (χ0) is 20.3. The molecule has 2 aromatic carbocycles. The summed E-state index contributed by atoms with van der Waals surface area (Å²) in [6.07, 6.45) is 1.15. The van der Waals surface area contributed by atoms with E-state index >= 15 is 0 Å². The van der Waals surface area contributed by atoms with E-state index in [9.17, 15) is 4.79 Å². The third kappa shape index (κ3) is 3.12. The molecular weight excluding hydrogens is 406 g/mol. The molecule has 3 aromatic rings. The molecular formula is C23H22ClNO3S. The predicted octanol–water partition coefficient (Wildman–Crippen LogP) is 5.89. The molecule has 0 aliphatic carbocycles. The minimum absolute atomic E-state index is 0.0863. The maximum absolute atomic E-state index is 12.0. The van der Waals surface area contributed by atoms with Crippen LogP contribution in [-0.4, -0.2) is 18.1 Å². The molecule has 3 atom stereocenters. The van der Waals surface area contributed by atoms with Gasteiger partial charge in [-0.1, -0.05) is 18.5 Å². The molecule has 5 rings (SSSR count). The Hall–Kier alpha value is -2.08. The number of carbonyl (C=O) groups excluding carboxylic acids is 1. The molecule has 29 heavy (non-hydrogen) atoms. The van der Waals surface area contributed by atoms with E-state index in [1.165, 1.54) is 26.1 Å². The first-order chi connectivity index (χ1) is 13.9. The Morgan fingerprint density at radius 3 is 2.86 bits per heavy atom. The molecule has 0 saturated carbocycles. The summed E-state index contributed by atoms with van der Waals surface area (Å²) < 4.78 is 13.6. The average molecular weight is 428 g/mol. The van der Waals surface area contributed by atoms with Crippen molar-refractivity contribution in [3.05, 3.63) is 56.9 Å². The van der Waals surface area contributed by atoms with E-state index in [-0.39, 0.29) is 18.1 Å². The number of rotatable bonds is 2. The topological polar surface area (TPSA) is 47.6 Å². The Bertz CT molecular complexity index is 1140. The first kappa shape index (κ1) is 18.9. The van der Waals surface area contributed by atoms with Gasteiger partial charge >= 0.3 is 0 Å². The van der Waals surface area contributed by atoms with Gasteiger partial charge in [-0.2, -0.15) is 0 Å². The van der Waals surface area contributed by atoms with Crippen LogP contribution in [0.1, 0.15) is 48.4 Å². The number of ether oxygens (including phenoxy) is 2. The fourth-order valence-corrected chi connectivity index (χ4v) is 5.82. The Labute approximate surface area is 178 Å². The third-order valence-electron chi connectivity index (χ3n) is 5.71. The van der Waals surface area contributed by atoms with E-state index < -0.39 is 6.10 Å². The lowest BCUT2D eigenvalue weighted by Gasteiger charge is -2.33. The molecule has 3 unspecified atom stereocenters. The van der Waals surface area contributed by atoms with E-state index in [1.54, 1.807) is 18.3 Å². The summed E-state index contributed by atoms with van der Waals surface area (Å²) >= 11 is 8.05. The van der Waals surface area contributed by atoms with Crippen molar-refractivity contribution < 1.29 is 14.3 Å². The normalized spacial score (nSPS) is 23.3. The Kier molecular flexibility index (Phi) is 4.57. The number of amides is 1. The quantitative estimate of drug-likeness (QED) is 0.554. The van der Waals surface area contributed by atoms with Gasteiger partial charge < -0.3 is 14.8 Å². The van der Waals surface area contributed by atoms with Crippen LogP contribution < -0.4 is 10.1 Å². The summed E-state index contributed by atoms with van der Waals surface area (Å²) in [5, 5.41) is 4.92. The van der Waals surface area contributed by atoms with E-state index in [0.717, 1.165) is 29.1 Å². The minimum Gasteiger partial charge on any atom is -0.479 e. The second kappa shape index (κ2) is 7.01. The highest BCUT2D eigenvalue weighted by Crippen LogP contribution is 2.46. The summed E-state index contributed by atoms with van der Waals surface area (Å²) in [5.74, 6) is 0.602. The van der Waals surface area contributed by atoms with Crippen molar-refractivity contribution in [2.75, 3.05) is 5.32 Å². The molecule has 3 heterocycles. The van der Waals surface area contributed by atoms with Crippen LogP contribution in [0.4, 0.5) is 5.69 Å². The first-order valence-corrected chi connectivity index (χ1v) is 11.1. The lowest BCUT2D eigenvalue weighted by atomic mass is 9.90. The number of carbonyl (C=O) groups is 1. The summed E-state index contributed by atoms with van der Waals surface area (Å²) in [6, 6.07) is 10.2. The van der Waals surface area contributed by atoms with Crippen molar-refractivity contribution in [2.45, 2.75) is 51.9 Å². The molecule has 1 aromatic heterocycles. The van der Waals surface area contributed by atoms with Gasteiger partial charge in [0.15, 0.2) is 6.10 Å². The number of anilines is 1. The Morgan fingerprint density at radius 2 is 2.07 bits per heavy atom. The number of hydrogen-bond acceptors (Lipinski definition) is 4. The SMILES string of the molecule is CCc1c(C2OC(C)Cc3cc4c(cc32)OC(C)C(=O)N4)sc2ccc(Cl)cc12. The molecule has 1 amide bonds. The maximum Gasteiger partial charge on any atom is 0.265 e. The highest BCUT2D eigenvalue weighted by Gasteiger charge is 2.33. The molecule has 0 spiro atoms. The van der Waals surface area contributed by atoms with Crippen LogP contribution in [0, 0.1) is 0 Å². The molecule has 2 aliphatic rings. The van der Waals surface area contributed by atoms with Gasteiger partial charge in [0.2, 0.25) is 0 Å². The molecule has 0 radical (unpaired) electrons. The molecule has 0 bridgehead atoms.